The summed E-state index contributed by atoms with van der Waals surface area (Å²) in [6.07, 6.45) is 4.33. The largest absolute Gasteiger partial charge is 0.463 e. The average Bonchev–Trinajstić information content (AvgIpc) is 3.40. The maximum Gasteiger partial charge on any atom is 0.303 e. The summed E-state index contributed by atoms with van der Waals surface area (Å²) in [4.78, 5) is 66.3. The molecule has 0 aromatic carbocycles. The van der Waals surface area contributed by atoms with Crippen LogP contribution in [0.15, 0.2) is 16.6 Å². The van der Waals surface area contributed by atoms with E-state index in [1.807, 2.05) is 0 Å². The summed E-state index contributed by atoms with van der Waals surface area (Å²) >= 11 is 0. The monoisotopic (exact) mass is 785 g/mol. The molecule has 0 radical (unpaired) electrons. The van der Waals surface area contributed by atoms with Gasteiger partial charge < -0.3 is 33.2 Å². The smallest absolute Gasteiger partial charge is 0.303 e. The Bertz CT molecular complexity index is 1590. The van der Waals surface area contributed by atoms with Crippen LogP contribution in [0.5, 0.6) is 0 Å². The van der Waals surface area contributed by atoms with E-state index < -0.39 is 54.6 Å². The van der Waals surface area contributed by atoms with Crippen molar-refractivity contribution >= 4 is 35.6 Å². The van der Waals surface area contributed by atoms with Crippen LogP contribution in [0, 0.1) is 46.3 Å². The molecule has 13 nitrogen and oxygen atoms in total. The molecular formula is C43H63NO12. The third kappa shape index (κ3) is 8.59. The molecule has 4 fully saturated rings. The Morgan fingerprint density at radius 2 is 1.50 bits per heavy atom. The standard InChI is InChI=1S/C43H63NO12/c1-22-10-13-34(44-20-22)23(2)37-35(51-25(4)46)19-33-31-12-11-29-18-30(14-16-42(29,8)32(31)15-17-43(33,37)9)55-41-40(54-28(7)49)39(53-27(6)48)38(52-26(5)47)36(56-41)21-50-24(3)45/h11,22-23,30-33,35-41H,10,12-21H2,1-9H3/t22-,23+,30-,31+,32+,33+,35-,36+,37-,38+,39-,40+,41-,42-,43-/m0/s1. The summed E-state index contributed by atoms with van der Waals surface area (Å²) < 4.78 is 41.2. The molecule has 0 bridgehead atoms. The lowest BCUT2D eigenvalue weighted by molar-refractivity contribution is -0.318. The maximum absolute atomic E-state index is 12.5. The summed E-state index contributed by atoms with van der Waals surface area (Å²) in [5, 5.41) is 0. The van der Waals surface area contributed by atoms with Crippen LogP contribution in [0.25, 0.3) is 0 Å². The van der Waals surface area contributed by atoms with Crippen molar-refractivity contribution < 1.29 is 57.1 Å². The van der Waals surface area contributed by atoms with E-state index in [0.29, 0.717) is 36.5 Å². The second-order valence-corrected chi connectivity index (χ2v) is 18.0. The Hall–Kier alpha value is -3.32. The van der Waals surface area contributed by atoms with Gasteiger partial charge in [-0.1, -0.05) is 39.3 Å². The van der Waals surface area contributed by atoms with E-state index >= 15 is 0 Å². The van der Waals surface area contributed by atoms with E-state index in [0.717, 1.165) is 51.5 Å². The first-order valence-corrected chi connectivity index (χ1v) is 20.8. The van der Waals surface area contributed by atoms with Crippen LogP contribution >= 0.6 is 0 Å². The van der Waals surface area contributed by atoms with Crippen molar-refractivity contribution in [2.24, 2.45) is 51.3 Å². The van der Waals surface area contributed by atoms with E-state index in [1.165, 1.54) is 45.9 Å². The molecule has 0 N–H and O–H groups in total. The van der Waals surface area contributed by atoms with Gasteiger partial charge in [0.05, 0.1) is 6.10 Å². The van der Waals surface area contributed by atoms with E-state index in [4.69, 9.17) is 38.2 Å². The second kappa shape index (κ2) is 16.9. The summed E-state index contributed by atoms with van der Waals surface area (Å²) in [7, 11) is 0. The summed E-state index contributed by atoms with van der Waals surface area (Å²) in [5.74, 6) is -0.375. The normalized spacial score (nSPS) is 40.9. The number of aliphatic imine (C=N–C) groups is 1. The van der Waals surface area contributed by atoms with Gasteiger partial charge in [0.25, 0.3) is 0 Å². The van der Waals surface area contributed by atoms with Gasteiger partial charge in [-0.3, -0.25) is 29.0 Å². The molecule has 4 aliphatic carbocycles. The number of carbonyl (C=O) groups is 5. The molecule has 2 aliphatic heterocycles. The minimum atomic E-state index is -1.28. The first-order chi connectivity index (χ1) is 26.4. The topological polar surface area (TPSA) is 162 Å². The summed E-state index contributed by atoms with van der Waals surface area (Å²) in [6.45, 7) is 16.4. The van der Waals surface area contributed by atoms with E-state index in [-0.39, 0.29) is 47.4 Å². The van der Waals surface area contributed by atoms with Crippen molar-refractivity contribution in [1.29, 1.82) is 0 Å². The molecule has 0 spiro atoms. The van der Waals surface area contributed by atoms with Crippen molar-refractivity contribution in [2.75, 3.05) is 13.2 Å². The zero-order chi connectivity index (χ0) is 40.7. The molecule has 6 rings (SSSR count). The van der Waals surface area contributed by atoms with Crippen LogP contribution < -0.4 is 0 Å². The fraction of sp³-hybridized carbons (Fsp3) is 0.814. The van der Waals surface area contributed by atoms with Crippen LogP contribution in [-0.2, 0) is 57.1 Å². The molecule has 2 heterocycles. The number of nitrogens with zero attached hydrogens (tertiary/aromatic N) is 1. The highest BCUT2D eigenvalue weighted by atomic mass is 16.7. The molecule has 56 heavy (non-hydrogen) atoms. The molecule has 6 aliphatic rings. The Balaban J connectivity index is 1.23. The Morgan fingerprint density at radius 1 is 0.839 bits per heavy atom. The molecule has 13 heteroatoms. The van der Waals surface area contributed by atoms with Crippen LogP contribution in [0.2, 0.25) is 0 Å². The molecule has 15 atom stereocenters. The number of ether oxygens (including phenoxy) is 7. The van der Waals surface area contributed by atoms with Crippen molar-refractivity contribution in [3.63, 3.8) is 0 Å². The third-order valence-electron chi connectivity index (χ3n) is 14.3. The number of carbonyl (C=O) groups excluding carboxylic acids is 5. The summed E-state index contributed by atoms with van der Waals surface area (Å²) in [5.41, 5.74) is 2.62. The highest BCUT2D eigenvalue weighted by Crippen LogP contribution is 2.68. The predicted molar refractivity (Wildman–Crippen MR) is 203 cm³/mol. The molecular weight excluding hydrogens is 722 g/mol. The lowest BCUT2D eigenvalue weighted by atomic mass is 9.47. The highest BCUT2D eigenvalue weighted by molar-refractivity contribution is 5.87. The lowest BCUT2D eigenvalue weighted by Crippen LogP contribution is -2.63. The lowest BCUT2D eigenvalue weighted by Gasteiger charge is -2.58. The molecule has 0 aromatic heterocycles. The minimum Gasteiger partial charge on any atom is -0.463 e. The summed E-state index contributed by atoms with van der Waals surface area (Å²) in [6, 6.07) is 0. The fourth-order valence-corrected chi connectivity index (χ4v) is 11.9. The van der Waals surface area contributed by atoms with Crippen molar-refractivity contribution in [3.8, 4) is 0 Å². The number of hydrogen-bond donors (Lipinski definition) is 0. The maximum atomic E-state index is 12.5. The Kier molecular flexibility index (Phi) is 12.7. The van der Waals surface area contributed by atoms with Crippen molar-refractivity contribution in [3.05, 3.63) is 11.6 Å². The van der Waals surface area contributed by atoms with Gasteiger partial charge >= 0.3 is 29.8 Å². The number of fused-ring (bicyclic) bond motifs is 5. The number of esters is 5. The van der Waals surface area contributed by atoms with Gasteiger partial charge in [-0.25, -0.2) is 0 Å². The molecule has 0 amide bonds. The van der Waals surface area contributed by atoms with Gasteiger partial charge in [-0.15, -0.1) is 0 Å². The first-order valence-electron chi connectivity index (χ1n) is 20.8. The van der Waals surface area contributed by atoms with Crippen molar-refractivity contribution in [1.82, 2.24) is 0 Å². The molecule has 3 saturated carbocycles. The second-order valence-electron chi connectivity index (χ2n) is 18.0. The van der Waals surface area contributed by atoms with Gasteiger partial charge in [0.2, 0.25) is 0 Å². The van der Waals surface area contributed by atoms with Crippen LogP contribution in [0.4, 0.5) is 0 Å². The Morgan fingerprint density at radius 3 is 2.12 bits per heavy atom. The average molecular weight is 786 g/mol. The molecule has 0 unspecified atom stereocenters. The van der Waals surface area contributed by atoms with Gasteiger partial charge in [-0.05, 0) is 92.3 Å². The highest BCUT2D eigenvalue weighted by Gasteiger charge is 2.63. The third-order valence-corrected chi connectivity index (χ3v) is 14.3. The zero-order valence-electron chi connectivity index (χ0n) is 34.7. The predicted octanol–water partition coefficient (Wildman–Crippen LogP) is 6.08. The first kappa shape index (κ1) is 42.3. The number of rotatable bonds is 10. The van der Waals surface area contributed by atoms with Gasteiger partial charge in [0.15, 0.2) is 24.6 Å². The van der Waals surface area contributed by atoms with Gasteiger partial charge in [0, 0.05) is 58.7 Å². The van der Waals surface area contributed by atoms with Gasteiger partial charge in [-0.2, -0.15) is 0 Å². The molecule has 1 saturated heterocycles. The van der Waals surface area contributed by atoms with E-state index in [1.54, 1.807) is 0 Å². The minimum absolute atomic E-state index is 0.0312. The van der Waals surface area contributed by atoms with E-state index in [2.05, 4.69) is 33.8 Å². The molecule has 0 aromatic rings. The number of allylic oxidation sites excluding steroid dienone is 1. The van der Waals surface area contributed by atoms with Crippen molar-refractivity contribution in [2.45, 2.75) is 163 Å². The van der Waals surface area contributed by atoms with Gasteiger partial charge in [0.1, 0.15) is 18.8 Å². The molecule has 312 valence electrons. The SMILES string of the molecule is CC(=O)OC[C@H]1O[C@H](O[C@H]2CC[C@@]3(C)C(=CC[C@H]4[C@H]5C[C@H](OC(C)=O)[C@H]([C@H](C)C6=NC[C@@H](C)CC6)[C@@]5(C)CC[C@H]43)C2)[C@H](OC(C)=O)[C@@H](OC(C)=O)[C@@H]1OC(C)=O. The fourth-order valence-electron chi connectivity index (χ4n) is 11.9. The number of hydrogen-bond acceptors (Lipinski definition) is 13. The quantitative estimate of drug-likeness (QED) is 0.143. The van der Waals surface area contributed by atoms with Crippen LogP contribution in [0.1, 0.15) is 120 Å². The zero-order valence-corrected chi connectivity index (χ0v) is 34.7. The van der Waals surface area contributed by atoms with Crippen LogP contribution in [-0.4, -0.2) is 91.6 Å². The van der Waals surface area contributed by atoms with E-state index in [9.17, 15) is 24.0 Å². The Labute approximate surface area is 331 Å². The van der Waals surface area contributed by atoms with Crippen LogP contribution in [0.3, 0.4) is 0 Å².